The van der Waals surface area contributed by atoms with E-state index >= 15 is 0 Å². The smallest absolute Gasteiger partial charge is 0.112 e. The largest absolute Gasteiger partial charge is 0.326 e. The lowest BCUT2D eigenvalue weighted by Crippen LogP contribution is -2.35. The fourth-order valence-corrected chi connectivity index (χ4v) is 4.13. The van der Waals surface area contributed by atoms with Crippen LogP contribution in [0, 0.1) is 0 Å². The van der Waals surface area contributed by atoms with Gasteiger partial charge in [0.2, 0.25) is 0 Å². The molecule has 1 N–H and O–H groups in total. The first-order valence-electron chi connectivity index (χ1n) is 9.01. The Kier molecular flexibility index (Phi) is 4.39. The molecule has 0 unspecified atom stereocenters. The number of aromatic nitrogens is 2. The molecule has 0 radical (unpaired) electrons. The Hall–Kier alpha value is -0.830. The van der Waals surface area contributed by atoms with Crippen LogP contribution < -0.4 is 5.32 Å². The molecular formula is C18H31N3. The van der Waals surface area contributed by atoms with Gasteiger partial charge in [-0.25, -0.2) is 4.98 Å². The molecule has 1 fully saturated rings. The van der Waals surface area contributed by atoms with Gasteiger partial charge in [0.05, 0.1) is 5.69 Å². The van der Waals surface area contributed by atoms with E-state index in [0.717, 1.165) is 19.5 Å². The van der Waals surface area contributed by atoms with Crippen LogP contribution in [0.25, 0.3) is 0 Å². The second-order valence-corrected chi connectivity index (χ2v) is 7.16. The Labute approximate surface area is 129 Å². The van der Waals surface area contributed by atoms with E-state index in [0.29, 0.717) is 5.92 Å². The number of rotatable bonds is 4. The Morgan fingerprint density at radius 2 is 1.90 bits per heavy atom. The highest BCUT2D eigenvalue weighted by atomic mass is 15.2. The molecule has 21 heavy (non-hydrogen) atoms. The highest BCUT2D eigenvalue weighted by molar-refractivity contribution is 5.24. The van der Waals surface area contributed by atoms with Crippen LogP contribution in [0.1, 0.15) is 88.8 Å². The van der Waals surface area contributed by atoms with Crippen LogP contribution in [-0.2, 0) is 18.5 Å². The molecule has 1 aliphatic carbocycles. The van der Waals surface area contributed by atoms with Crippen LogP contribution in [0.3, 0.4) is 0 Å². The molecule has 0 saturated heterocycles. The molecular weight excluding hydrogens is 258 g/mol. The molecule has 0 amide bonds. The monoisotopic (exact) mass is 289 g/mol. The summed E-state index contributed by atoms with van der Waals surface area (Å²) in [6.45, 7) is 9.17. The summed E-state index contributed by atoms with van der Waals surface area (Å²) in [5.74, 6) is 2.11. The van der Waals surface area contributed by atoms with Crippen molar-refractivity contribution in [3.8, 4) is 0 Å². The van der Waals surface area contributed by atoms with Crippen molar-refractivity contribution in [1.82, 2.24) is 14.9 Å². The van der Waals surface area contributed by atoms with Gasteiger partial charge in [0, 0.05) is 36.7 Å². The van der Waals surface area contributed by atoms with Crippen molar-refractivity contribution in [1.29, 1.82) is 0 Å². The van der Waals surface area contributed by atoms with Gasteiger partial charge in [0.25, 0.3) is 0 Å². The summed E-state index contributed by atoms with van der Waals surface area (Å²) in [5, 5.41) is 3.50. The summed E-state index contributed by atoms with van der Waals surface area (Å²) >= 11 is 0. The maximum Gasteiger partial charge on any atom is 0.112 e. The Bertz CT molecular complexity index is 479. The van der Waals surface area contributed by atoms with Gasteiger partial charge < -0.3 is 9.88 Å². The molecule has 1 aliphatic heterocycles. The predicted octanol–water partition coefficient (Wildman–Crippen LogP) is 4.11. The van der Waals surface area contributed by atoms with E-state index < -0.39 is 0 Å². The first-order chi connectivity index (χ1) is 10.2. The van der Waals surface area contributed by atoms with Gasteiger partial charge in [-0.3, -0.25) is 0 Å². The standard InChI is InChI=1S/C18H31N3/c1-4-18(3,5-2)21-16-11-12-19-13-15(16)20-17(21)14-9-7-6-8-10-14/h14,19H,4-13H2,1-3H3. The number of fused-ring (bicyclic) bond motifs is 1. The van der Waals surface area contributed by atoms with E-state index in [1.165, 1.54) is 62.2 Å². The topological polar surface area (TPSA) is 29.9 Å². The molecule has 3 rings (SSSR count). The minimum Gasteiger partial charge on any atom is -0.326 e. The van der Waals surface area contributed by atoms with Crippen LogP contribution in [-0.4, -0.2) is 16.1 Å². The second kappa shape index (κ2) is 6.12. The summed E-state index contributed by atoms with van der Waals surface area (Å²) in [5.41, 5.74) is 3.10. The Morgan fingerprint density at radius 1 is 1.19 bits per heavy atom. The van der Waals surface area contributed by atoms with E-state index in [-0.39, 0.29) is 5.54 Å². The molecule has 1 aromatic rings. The number of hydrogen-bond donors (Lipinski definition) is 1. The summed E-state index contributed by atoms with van der Waals surface area (Å²) in [6, 6.07) is 0. The van der Waals surface area contributed by atoms with Crippen molar-refractivity contribution in [2.24, 2.45) is 0 Å². The van der Waals surface area contributed by atoms with Crippen LogP contribution in [0.2, 0.25) is 0 Å². The average Bonchev–Trinajstić information content (AvgIpc) is 2.95. The number of imidazole rings is 1. The summed E-state index contributed by atoms with van der Waals surface area (Å²) in [4.78, 5) is 5.14. The maximum atomic E-state index is 5.14. The highest BCUT2D eigenvalue weighted by Gasteiger charge is 2.33. The van der Waals surface area contributed by atoms with Crippen molar-refractivity contribution >= 4 is 0 Å². The van der Waals surface area contributed by atoms with Crippen LogP contribution in [0.5, 0.6) is 0 Å². The van der Waals surface area contributed by atoms with E-state index in [1.54, 1.807) is 0 Å². The van der Waals surface area contributed by atoms with Gasteiger partial charge in [-0.2, -0.15) is 0 Å². The van der Waals surface area contributed by atoms with Gasteiger partial charge in [0.1, 0.15) is 5.82 Å². The minimum absolute atomic E-state index is 0.241. The van der Waals surface area contributed by atoms with Gasteiger partial charge in [-0.15, -0.1) is 0 Å². The fraction of sp³-hybridized carbons (Fsp3) is 0.833. The van der Waals surface area contributed by atoms with E-state index in [4.69, 9.17) is 4.98 Å². The first-order valence-corrected chi connectivity index (χ1v) is 9.01. The number of nitrogens with zero attached hydrogens (tertiary/aromatic N) is 2. The van der Waals surface area contributed by atoms with Gasteiger partial charge in [-0.1, -0.05) is 33.1 Å². The predicted molar refractivity (Wildman–Crippen MR) is 87.7 cm³/mol. The third kappa shape index (κ3) is 2.65. The van der Waals surface area contributed by atoms with Crippen molar-refractivity contribution < 1.29 is 0 Å². The van der Waals surface area contributed by atoms with Crippen LogP contribution in [0.15, 0.2) is 0 Å². The Balaban J connectivity index is 2.07. The lowest BCUT2D eigenvalue weighted by molar-refractivity contribution is 0.263. The second-order valence-electron chi connectivity index (χ2n) is 7.16. The van der Waals surface area contributed by atoms with Gasteiger partial charge in [0.15, 0.2) is 0 Å². The fourth-order valence-electron chi connectivity index (χ4n) is 4.13. The molecule has 1 saturated carbocycles. The zero-order chi connectivity index (χ0) is 14.9. The van der Waals surface area contributed by atoms with Gasteiger partial charge >= 0.3 is 0 Å². The molecule has 2 heterocycles. The maximum absolute atomic E-state index is 5.14. The van der Waals surface area contributed by atoms with Crippen molar-refractivity contribution in [3.05, 3.63) is 17.2 Å². The SMILES string of the molecule is CCC(C)(CC)n1c(C2CCCCC2)nc2c1CCNC2. The third-order valence-electron chi connectivity index (χ3n) is 5.95. The van der Waals surface area contributed by atoms with Gasteiger partial charge in [-0.05, 0) is 32.6 Å². The highest BCUT2D eigenvalue weighted by Crippen LogP contribution is 2.38. The molecule has 0 aromatic carbocycles. The first kappa shape index (κ1) is 15.1. The van der Waals surface area contributed by atoms with E-state index in [1.807, 2.05) is 0 Å². The number of nitrogens with one attached hydrogen (secondary N) is 1. The molecule has 3 nitrogen and oxygen atoms in total. The minimum atomic E-state index is 0.241. The molecule has 0 atom stereocenters. The number of hydrogen-bond acceptors (Lipinski definition) is 2. The van der Waals surface area contributed by atoms with Crippen molar-refractivity contribution in [2.75, 3.05) is 6.54 Å². The average molecular weight is 289 g/mol. The van der Waals surface area contributed by atoms with Crippen molar-refractivity contribution in [3.63, 3.8) is 0 Å². The zero-order valence-corrected chi connectivity index (χ0v) is 14.0. The summed E-state index contributed by atoms with van der Waals surface area (Å²) < 4.78 is 2.68. The molecule has 0 bridgehead atoms. The van der Waals surface area contributed by atoms with E-state index in [2.05, 4.69) is 30.7 Å². The normalized spacial score (nSPS) is 20.5. The lowest BCUT2D eigenvalue weighted by atomic mass is 9.87. The summed E-state index contributed by atoms with van der Waals surface area (Å²) in [6.07, 6.45) is 10.4. The molecule has 0 spiro atoms. The zero-order valence-electron chi connectivity index (χ0n) is 14.0. The van der Waals surface area contributed by atoms with Crippen LogP contribution >= 0.6 is 0 Å². The lowest BCUT2D eigenvalue weighted by Gasteiger charge is -2.35. The quantitative estimate of drug-likeness (QED) is 0.904. The summed E-state index contributed by atoms with van der Waals surface area (Å²) in [7, 11) is 0. The molecule has 118 valence electrons. The Morgan fingerprint density at radius 3 is 2.57 bits per heavy atom. The van der Waals surface area contributed by atoms with Crippen molar-refractivity contribution in [2.45, 2.75) is 90.1 Å². The van der Waals surface area contributed by atoms with Crippen LogP contribution in [0.4, 0.5) is 0 Å². The molecule has 2 aliphatic rings. The molecule has 3 heteroatoms. The van der Waals surface area contributed by atoms with E-state index in [9.17, 15) is 0 Å². The third-order valence-corrected chi connectivity index (χ3v) is 5.95. The molecule has 1 aromatic heterocycles.